The lowest BCUT2D eigenvalue weighted by molar-refractivity contribution is -0.145. The van der Waals surface area contributed by atoms with Crippen molar-refractivity contribution >= 4 is 5.97 Å². The Balaban J connectivity index is 2.50. The average Bonchev–Trinajstić information content (AvgIpc) is 2.29. The van der Waals surface area contributed by atoms with Gasteiger partial charge in [0.05, 0.1) is 0 Å². The molecule has 1 saturated heterocycles. The van der Waals surface area contributed by atoms with Crippen molar-refractivity contribution in [3.05, 3.63) is 0 Å². The number of hydrogen-bond donors (Lipinski definition) is 2. The molecule has 1 rings (SSSR count). The minimum absolute atomic E-state index is 0.340. The van der Waals surface area contributed by atoms with Gasteiger partial charge in [-0.1, -0.05) is 13.3 Å². The van der Waals surface area contributed by atoms with E-state index in [0.717, 1.165) is 32.4 Å². The standard InChI is InChI=1S/C14H28N2O2/c1-5-8-14(4,13(17)18)15-12-6-9-16(10-7-12)11(2)3/h11-12,15H,5-10H2,1-4H3,(H,17,18). The van der Waals surface area contributed by atoms with Crippen LogP contribution < -0.4 is 5.32 Å². The van der Waals surface area contributed by atoms with Crippen molar-refractivity contribution in [2.75, 3.05) is 13.1 Å². The first-order chi connectivity index (χ1) is 8.39. The van der Waals surface area contributed by atoms with Gasteiger partial charge in [-0.25, -0.2) is 0 Å². The maximum atomic E-state index is 11.4. The first kappa shape index (κ1) is 15.4. The Morgan fingerprint density at radius 2 is 2.00 bits per heavy atom. The van der Waals surface area contributed by atoms with Crippen LogP contribution >= 0.6 is 0 Å². The Morgan fingerprint density at radius 3 is 2.39 bits per heavy atom. The number of carboxylic acid groups (broad SMARTS) is 1. The predicted octanol–water partition coefficient (Wildman–Crippen LogP) is 2.09. The van der Waals surface area contributed by atoms with Gasteiger partial charge < -0.3 is 10.0 Å². The van der Waals surface area contributed by atoms with Crippen LogP contribution in [0.3, 0.4) is 0 Å². The molecule has 0 amide bonds. The molecule has 1 aliphatic heterocycles. The molecule has 0 aromatic rings. The number of rotatable bonds is 6. The van der Waals surface area contributed by atoms with Gasteiger partial charge in [0.1, 0.15) is 5.54 Å². The van der Waals surface area contributed by atoms with Crippen LogP contribution in [0, 0.1) is 0 Å². The van der Waals surface area contributed by atoms with Crippen LogP contribution in [0.15, 0.2) is 0 Å². The van der Waals surface area contributed by atoms with Crippen molar-refractivity contribution in [1.29, 1.82) is 0 Å². The smallest absolute Gasteiger partial charge is 0.323 e. The highest BCUT2D eigenvalue weighted by Gasteiger charge is 2.35. The van der Waals surface area contributed by atoms with E-state index >= 15 is 0 Å². The van der Waals surface area contributed by atoms with Crippen molar-refractivity contribution < 1.29 is 9.90 Å². The lowest BCUT2D eigenvalue weighted by atomic mass is 9.92. The zero-order valence-electron chi connectivity index (χ0n) is 12.2. The van der Waals surface area contributed by atoms with Gasteiger partial charge in [-0.3, -0.25) is 10.1 Å². The largest absolute Gasteiger partial charge is 0.480 e. The molecule has 0 radical (unpaired) electrons. The zero-order valence-corrected chi connectivity index (χ0v) is 12.2. The lowest BCUT2D eigenvalue weighted by Crippen LogP contribution is -2.56. The van der Waals surface area contributed by atoms with Gasteiger partial charge in [0.15, 0.2) is 0 Å². The summed E-state index contributed by atoms with van der Waals surface area (Å²) >= 11 is 0. The molecule has 18 heavy (non-hydrogen) atoms. The van der Waals surface area contributed by atoms with Gasteiger partial charge in [0.2, 0.25) is 0 Å². The minimum atomic E-state index is -0.764. The van der Waals surface area contributed by atoms with E-state index < -0.39 is 11.5 Å². The molecule has 1 aliphatic rings. The lowest BCUT2D eigenvalue weighted by Gasteiger charge is -2.38. The number of nitrogens with zero attached hydrogens (tertiary/aromatic N) is 1. The van der Waals surface area contributed by atoms with Gasteiger partial charge in [-0.05, 0) is 53.1 Å². The Morgan fingerprint density at radius 1 is 1.44 bits per heavy atom. The summed E-state index contributed by atoms with van der Waals surface area (Å²) in [6.45, 7) is 10.4. The third-order valence-corrected chi connectivity index (χ3v) is 4.00. The van der Waals surface area contributed by atoms with E-state index in [9.17, 15) is 9.90 Å². The Hall–Kier alpha value is -0.610. The van der Waals surface area contributed by atoms with Crippen LogP contribution in [-0.2, 0) is 4.79 Å². The fourth-order valence-electron chi connectivity index (χ4n) is 2.75. The zero-order chi connectivity index (χ0) is 13.8. The van der Waals surface area contributed by atoms with Crippen LogP contribution in [-0.4, -0.2) is 46.7 Å². The third-order valence-electron chi connectivity index (χ3n) is 4.00. The number of nitrogens with one attached hydrogen (secondary N) is 1. The first-order valence-corrected chi connectivity index (χ1v) is 7.14. The Bertz CT molecular complexity index is 273. The van der Waals surface area contributed by atoms with Crippen molar-refractivity contribution in [3.63, 3.8) is 0 Å². The molecule has 1 atom stereocenters. The van der Waals surface area contributed by atoms with Crippen molar-refractivity contribution in [3.8, 4) is 0 Å². The molecule has 0 spiro atoms. The van der Waals surface area contributed by atoms with E-state index in [1.165, 1.54) is 0 Å². The second-order valence-corrected chi connectivity index (χ2v) is 5.94. The molecule has 0 bridgehead atoms. The Labute approximate surface area is 111 Å². The number of carboxylic acids is 1. The molecule has 4 heteroatoms. The van der Waals surface area contributed by atoms with Crippen molar-refractivity contribution in [2.45, 2.75) is 71.0 Å². The van der Waals surface area contributed by atoms with E-state index in [-0.39, 0.29) is 0 Å². The monoisotopic (exact) mass is 256 g/mol. The van der Waals surface area contributed by atoms with E-state index in [1.54, 1.807) is 0 Å². The molecule has 1 heterocycles. The molecule has 1 unspecified atom stereocenters. The predicted molar refractivity (Wildman–Crippen MR) is 73.8 cm³/mol. The fraction of sp³-hybridized carbons (Fsp3) is 0.929. The molecule has 0 aromatic carbocycles. The van der Waals surface area contributed by atoms with E-state index in [2.05, 4.69) is 24.1 Å². The molecule has 2 N–H and O–H groups in total. The minimum Gasteiger partial charge on any atom is -0.480 e. The van der Waals surface area contributed by atoms with E-state index in [4.69, 9.17) is 0 Å². The fourth-order valence-corrected chi connectivity index (χ4v) is 2.75. The summed E-state index contributed by atoms with van der Waals surface area (Å²) in [6, 6.07) is 0.931. The van der Waals surface area contributed by atoms with Crippen LogP contribution in [0.4, 0.5) is 0 Å². The van der Waals surface area contributed by atoms with E-state index in [1.807, 2.05) is 13.8 Å². The molecule has 0 aliphatic carbocycles. The van der Waals surface area contributed by atoms with Gasteiger partial charge in [0.25, 0.3) is 0 Å². The highest BCUT2D eigenvalue weighted by atomic mass is 16.4. The summed E-state index contributed by atoms with van der Waals surface area (Å²) in [4.78, 5) is 13.8. The summed E-state index contributed by atoms with van der Waals surface area (Å²) in [7, 11) is 0. The van der Waals surface area contributed by atoms with Crippen LogP contribution in [0.1, 0.15) is 53.4 Å². The molecule has 4 nitrogen and oxygen atoms in total. The summed E-state index contributed by atoms with van der Waals surface area (Å²) in [5.41, 5.74) is -0.764. The topological polar surface area (TPSA) is 52.6 Å². The molecular weight excluding hydrogens is 228 g/mol. The van der Waals surface area contributed by atoms with Crippen molar-refractivity contribution in [1.82, 2.24) is 10.2 Å². The summed E-state index contributed by atoms with van der Waals surface area (Å²) in [5.74, 6) is -0.726. The maximum Gasteiger partial charge on any atom is 0.323 e. The second kappa shape index (κ2) is 6.53. The summed E-state index contributed by atoms with van der Waals surface area (Å²) in [5, 5.41) is 12.7. The van der Waals surface area contributed by atoms with Gasteiger partial charge in [0, 0.05) is 12.1 Å². The van der Waals surface area contributed by atoms with Gasteiger partial charge in [-0.15, -0.1) is 0 Å². The van der Waals surface area contributed by atoms with Crippen LogP contribution in [0.25, 0.3) is 0 Å². The highest BCUT2D eigenvalue weighted by Crippen LogP contribution is 2.19. The first-order valence-electron chi connectivity index (χ1n) is 7.14. The number of aliphatic carboxylic acids is 1. The normalized spacial score (nSPS) is 22.1. The number of piperidine rings is 1. The van der Waals surface area contributed by atoms with Gasteiger partial charge in [-0.2, -0.15) is 0 Å². The quantitative estimate of drug-likeness (QED) is 0.764. The summed E-state index contributed by atoms with van der Waals surface area (Å²) in [6.07, 6.45) is 3.67. The van der Waals surface area contributed by atoms with Crippen LogP contribution in [0.2, 0.25) is 0 Å². The van der Waals surface area contributed by atoms with Crippen molar-refractivity contribution in [2.24, 2.45) is 0 Å². The molecular formula is C14H28N2O2. The van der Waals surface area contributed by atoms with E-state index in [0.29, 0.717) is 18.5 Å². The SMILES string of the molecule is CCCC(C)(NC1CCN(C(C)C)CC1)C(=O)O. The molecule has 106 valence electrons. The number of carbonyl (C=O) groups is 1. The molecule has 1 fully saturated rings. The summed E-state index contributed by atoms with van der Waals surface area (Å²) < 4.78 is 0. The second-order valence-electron chi connectivity index (χ2n) is 5.94. The molecule has 0 saturated carbocycles. The molecule has 0 aromatic heterocycles. The van der Waals surface area contributed by atoms with Gasteiger partial charge >= 0.3 is 5.97 Å². The average molecular weight is 256 g/mol. The number of hydrogen-bond acceptors (Lipinski definition) is 3. The number of likely N-dealkylation sites (tertiary alicyclic amines) is 1. The van der Waals surface area contributed by atoms with Crippen LogP contribution in [0.5, 0.6) is 0 Å². The maximum absolute atomic E-state index is 11.4. The third kappa shape index (κ3) is 3.95. The Kier molecular flexibility index (Phi) is 5.60. The highest BCUT2D eigenvalue weighted by molar-refractivity contribution is 5.78.